The molecule has 0 saturated carbocycles. The maximum Gasteiger partial charge on any atom is 0.222 e. The zero-order valence-electron chi connectivity index (χ0n) is 12.3. The van der Waals surface area contributed by atoms with E-state index in [9.17, 15) is 4.79 Å². The van der Waals surface area contributed by atoms with Crippen molar-refractivity contribution in [2.24, 2.45) is 0 Å². The van der Waals surface area contributed by atoms with Gasteiger partial charge in [0.05, 0.1) is 6.61 Å². The first-order valence-corrected chi connectivity index (χ1v) is 6.96. The fourth-order valence-electron chi connectivity index (χ4n) is 1.73. The Morgan fingerprint density at radius 2 is 2.00 bits per heavy atom. The molecule has 0 spiro atoms. The molecule has 1 aromatic carbocycles. The summed E-state index contributed by atoms with van der Waals surface area (Å²) in [6.45, 7) is 4.59. The van der Waals surface area contributed by atoms with Gasteiger partial charge < -0.3 is 14.5 Å². The van der Waals surface area contributed by atoms with Crippen LogP contribution >= 0.6 is 0 Å². The number of carbonyl (C=O) groups excluding carboxylic acids is 1. The molecule has 0 aliphatic heterocycles. The van der Waals surface area contributed by atoms with Gasteiger partial charge in [-0.25, -0.2) is 0 Å². The highest BCUT2D eigenvalue weighted by atomic mass is 16.5. The smallest absolute Gasteiger partial charge is 0.222 e. The highest BCUT2D eigenvalue weighted by Crippen LogP contribution is 2.16. The molecule has 0 bridgehead atoms. The molecule has 2 aromatic rings. The molecule has 1 heterocycles. The van der Waals surface area contributed by atoms with E-state index >= 15 is 0 Å². The van der Waals surface area contributed by atoms with E-state index in [0.717, 1.165) is 23.6 Å². The van der Waals surface area contributed by atoms with Crippen molar-refractivity contribution in [3.63, 3.8) is 0 Å². The molecule has 1 N–H and O–H groups in total. The molecule has 4 nitrogen and oxygen atoms in total. The quantitative estimate of drug-likeness (QED) is 0.612. The standard InChI is InChI=1S/C17H19NO3/c1-3-12-20-15-7-5-14(6-8-15)18-11-10-16(19)17-9-4-13(2)21-17/h4-11,18H,3,12H2,1-2H3/b11-10+. The predicted octanol–water partition coefficient (Wildman–Crippen LogP) is 4.19. The van der Waals surface area contributed by atoms with Crippen LogP contribution in [0.1, 0.15) is 29.7 Å². The van der Waals surface area contributed by atoms with Crippen molar-refractivity contribution in [3.05, 3.63) is 60.2 Å². The van der Waals surface area contributed by atoms with Crippen LogP contribution in [-0.2, 0) is 0 Å². The van der Waals surface area contributed by atoms with Crippen LogP contribution in [0.15, 0.2) is 53.1 Å². The maximum atomic E-state index is 11.8. The Balaban J connectivity index is 1.87. The largest absolute Gasteiger partial charge is 0.494 e. The van der Waals surface area contributed by atoms with Gasteiger partial charge in [0.1, 0.15) is 11.5 Å². The van der Waals surface area contributed by atoms with Gasteiger partial charge in [-0.15, -0.1) is 0 Å². The minimum atomic E-state index is -0.168. The Bertz CT molecular complexity index is 611. The number of ether oxygens (including phenoxy) is 1. The fourth-order valence-corrected chi connectivity index (χ4v) is 1.73. The van der Waals surface area contributed by atoms with E-state index in [2.05, 4.69) is 12.2 Å². The molecule has 0 aliphatic rings. The molecule has 21 heavy (non-hydrogen) atoms. The average molecular weight is 285 g/mol. The molecule has 2 rings (SSSR count). The number of nitrogens with one attached hydrogen (secondary N) is 1. The number of benzene rings is 1. The van der Waals surface area contributed by atoms with Crippen LogP contribution in [0.5, 0.6) is 5.75 Å². The van der Waals surface area contributed by atoms with Gasteiger partial charge in [0.2, 0.25) is 5.78 Å². The second-order valence-electron chi connectivity index (χ2n) is 4.63. The van der Waals surface area contributed by atoms with Gasteiger partial charge in [-0.05, 0) is 49.7 Å². The summed E-state index contributed by atoms with van der Waals surface area (Å²) in [5, 5.41) is 3.04. The SMILES string of the molecule is CCCOc1ccc(N/C=C/C(=O)c2ccc(C)o2)cc1. The summed E-state index contributed by atoms with van der Waals surface area (Å²) in [5.41, 5.74) is 0.888. The van der Waals surface area contributed by atoms with Gasteiger partial charge in [-0.1, -0.05) is 6.92 Å². The maximum absolute atomic E-state index is 11.8. The van der Waals surface area contributed by atoms with Crippen LogP contribution in [0, 0.1) is 6.92 Å². The summed E-state index contributed by atoms with van der Waals surface area (Å²) >= 11 is 0. The number of allylic oxidation sites excluding steroid dienone is 1. The molecule has 0 atom stereocenters. The van der Waals surface area contributed by atoms with Gasteiger partial charge >= 0.3 is 0 Å². The van der Waals surface area contributed by atoms with Crippen molar-refractivity contribution >= 4 is 11.5 Å². The van der Waals surface area contributed by atoms with Crippen LogP contribution in [0.2, 0.25) is 0 Å². The summed E-state index contributed by atoms with van der Waals surface area (Å²) in [5.74, 6) is 1.74. The molecule has 0 fully saturated rings. The van der Waals surface area contributed by atoms with Crippen molar-refractivity contribution in [1.82, 2.24) is 0 Å². The van der Waals surface area contributed by atoms with Gasteiger partial charge in [-0.2, -0.15) is 0 Å². The molecule has 0 saturated heterocycles. The molecular formula is C17H19NO3. The summed E-state index contributed by atoms with van der Waals surface area (Å²) in [6.07, 6.45) is 4.03. The Hall–Kier alpha value is -2.49. The van der Waals surface area contributed by atoms with Crippen molar-refractivity contribution in [1.29, 1.82) is 0 Å². The lowest BCUT2D eigenvalue weighted by Crippen LogP contribution is -1.96. The highest BCUT2D eigenvalue weighted by Gasteiger charge is 2.05. The second-order valence-corrected chi connectivity index (χ2v) is 4.63. The molecule has 4 heteroatoms. The molecule has 110 valence electrons. The first kappa shape index (κ1) is 14.9. The zero-order valence-corrected chi connectivity index (χ0v) is 12.3. The molecule has 0 radical (unpaired) electrons. The number of furan rings is 1. The van der Waals surface area contributed by atoms with E-state index in [1.165, 1.54) is 6.08 Å². The van der Waals surface area contributed by atoms with Crippen molar-refractivity contribution < 1.29 is 13.9 Å². The van der Waals surface area contributed by atoms with E-state index in [1.807, 2.05) is 24.3 Å². The van der Waals surface area contributed by atoms with Gasteiger partial charge in [-0.3, -0.25) is 4.79 Å². The Morgan fingerprint density at radius 1 is 1.24 bits per heavy atom. The number of hydrogen-bond acceptors (Lipinski definition) is 4. The van der Waals surface area contributed by atoms with Crippen LogP contribution < -0.4 is 10.1 Å². The number of aryl methyl sites for hydroxylation is 1. The van der Waals surface area contributed by atoms with Gasteiger partial charge in [0.15, 0.2) is 5.76 Å². The minimum absolute atomic E-state index is 0.168. The van der Waals surface area contributed by atoms with E-state index in [4.69, 9.17) is 9.15 Å². The summed E-state index contributed by atoms with van der Waals surface area (Å²) in [6, 6.07) is 11.0. The third kappa shape index (κ3) is 4.53. The molecule has 0 unspecified atom stereocenters. The molecular weight excluding hydrogens is 266 g/mol. The fraction of sp³-hybridized carbons (Fsp3) is 0.235. The Kier molecular flexibility index (Phi) is 5.21. The number of carbonyl (C=O) groups is 1. The van der Waals surface area contributed by atoms with E-state index < -0.39 is 0 Å². The van der Waals surface area contributed by atoms with E-state index in [-0.39, 0.29) is 5.78 Å². The third-order valence-corrected chi connectivity index (χ3v) is 2.80. The van der Waals surface area contributed by atoms with Crippen LogP contribution in [0.25, 0.3) is 0 Å². The third-order valence-electron chi connectivity index (χ3n) is 2.80. The monoisotopic (exact) mass is 285 g/mol. The van der Waals surface area contributed by atoms with Crippen molar-refractivity contribution in [2.75, 3.05) is 11.9 Å². The molecule has 0 amide bonds. The predicted molar refractivity (Wildman–Crippen MR) is 82.8 cm³/mol. The Morgan fingerprint density at radius 3 is 2.62 bits per heavy atom. The lowest BCUT2D eigenvalue weighted by molar-refractivity contribution is 0.102. The number of ketones is 1. The molecule has 0 aliphatic carbocycles. The van der Waals surface area contributed by atoms with Crippen molar-refractivity contribution in [2.45, 2.75) is 20.3 Å². The summed E-state index contributed by atoms with van der Waals surface area (Å²) in [7, 11) is 0. The summed E-state index contributed by atoms with van der Waals surface area (Å²) in [4.78, 5) is 11.8. The first-order chi connectivity index (χ1) is 10.2. The number of rotatable bonds is 7. The number of hydrogen-bond donors (Lipinski definition) is 1. The second kappa shape index (κ2) is 7.33. The minimum Gasteiger partial charge on any atom is -0.494 e. The highest BCUT2D eigenvalue weighted by molar-refractivity contribution is 6.02. The molecule has 1 aromatic heterocycles. The van der Waals surface area contributed by atoms with Crippen molar-refractivity contribution in [3.8, 4) is 5.75 Å². The lowest BCUT2D eigenvalue weighted by atomic mass is 10.3. The zero-order chi connectivity index (χ0) is 15.1. The van der Waals surface area contributed by atoms with E-state index in [1.54, 1.807) is 25.3 Å². The van der Waals surface area contributed by atoms with E-state index in [0.29, 0.717) is 12.4 Å². The van der Waals surface area contributed by atoms with Gasteiger partial charge in [0.25, 0.3) is 0 Å². The average Bonchev–Trinajstić information content (AvgIpc) is 2.93. The Labute approximate surface area is 124 Å². The lowest BCUT2D eigenvalue weighted by Gasteiger charge is -2.05. The van der Waals surface area contributed by atoms with Crippen LogP contribution in [0.4, 0.5) is 5.69 Å². The number of anilines is 1. The van der Waals surface area contributed by atoms with Crippen LogP contribution in [0.3, 0.4) is 0 Å². The normalized spacial score (nSPS) is 10.8. The topological polar surface area (TPSA) is 51.5 Å². The van der Waals surface area contributed by atoms with Gasteiger partial charge in [0, 0.05) is 18.0 Å². The first-order valence-electron chi connectivity index (χ1n) is 6.96. The summed E-state index contributed by atoms with van der Waals surface area (Å²) < 4.78 is 10.8. The van der Waals surface area contributed by atoms with Crippen LogP contribution in [-0.4, -0.2) is 12.4 Å².